The molecule has 0 radical (unpaired) electrons. The molecule has 0 amide bonds. The number of hydrogen-bond donors (Lipinski definition) is 0. The van der Waals surface area contributed by atoms with Crippen LogP contribution in [0.4, 0.5) is 0 Å². The summed E-state index contributed by atoms with van der Waals surface area (Å²) in [7, 11) is 0. The molecule has 2 fully saturated rings. The van der Waals surface area contributed by atoms with Gasteiger partial charge in [0.1, 0.15) is 0 Å². The average molecular weight is 647 g/mol. The second kappa shape index (κ2) is 12.2. The van der Waals surface area contributed by atoms with Crippen molar-refractivity contribution in [3.8, 4) is 11.1 Å². The Bertz CT molecular complexity index is 1260. The second-order valence-corrected chi connectivity index (χ2v) is 36.8. The molecule has 2 saturated carbocycles. The molecule has 0 saturated heterocycles. The van der Waals surface area contributed by atoms with Crippen molar-refractivity contribution in [3.63, 3.8) is 0 Å². The zero-order chi connectivity index (χ0) is 24.8. The zero-order valence-electron chi connectivity index (χ0n) is 23.7. The van der Waals surface area contributed by atoms with E-state index >= 15 is 0 Å². The minimum absolute atomic E-state index is 0. The second-order valence-electron chi connectivity index (χ2n) is 13.0. The van der Waals surface area contributed by atoms with E-state index in [1.807, 2.05) is 6.55 Å². The van der Waals surface area contributed by atoms with Crippen molar-refractivity contribution < 1.29 is 17.4 Å². The quantitative estimate of drug-likeness (QED) is 0.196. The van der Waals surface area contributed by atoms with Gasteiger partial charge in [0.2, 0.25) is 0 Å². The molecule has 0 aliphatic heterocycles. The summed E-state index contributed by atoms with van der Waals surface area (Å²) in [5.41, 5.74) is 9.55. The minimum atomic E-state index is -3.78. The average Bonchev–Trinajstić information content (AvgIpc) is 3.32. The fourth-order valence-corrected chi connectivity index (χ4v) is 41.8. The molecule has 0 atom stereocenters. The van der Waals surface area contributed by atoms with Gasteiger partial charge in [-0.05, 0) is 0 Å². The molecule has 0 bridgehead atoms. The molecule has 0 heterocycles. The molecule has 2 aromatic carbocycles. The summed E-state index contributed by atoms with van der Waals surface area (Å²) in [6.07, 6.45) is 27.8. The Labute approximate surface area is 246 Å². The van der Waals surface area contributed by atoms with Crippen LogP contribution in [0.15, 0.2) is 51.8 Å². The van der Waals surface area contributed by atoms with Crippen molar-refractivity contribution in [2.45, 2.75) is 111 Å². The van der Waals surface area contributed by atoms with Gasteiger partial charge in [-0.3, -0.25) is 0 Å². The fraction of sp³-hybridized carbons (Fsp3) is 0.529. The van der Waals surface area contributed by atoms with Crippen LogP contribution in [0.1, 0.15) is 106 Å². The van der Waals surface area contributed by atoms with E-state index in [0.29, 0.717) is 0 Å². The van der Waals surface area contributed by atoms with Crippen LogP contribution in [-0.2, 0) is 23.8 Å². The summed E-state index contributed by atoms with van der Waals surface area (Å²) < 4.78 is 5.86. The largest absolute Gasteiger partial charge is 0.147 e. The summed E-state index contributed by atoms with van der Waals surface area (Å²) in [5, 5.41) is 0. The number of hydrogen-bond acceptors (Lipinski definition) is 0. The van der Waals surface area contributed by atoms with Gasteiger partial charge < -0.3 is 0 Å². The van der Waals surface area contributed by atoms with Crippen molar-refractivity contribution in [1.82, 2.24) is 0 Å². The van der Waals surface area contributed by atoms with E-state index in [1.165, 1.54) is 101 Å². The van der Waals surface area contributed by atoms with Gasteiger partial charge in [0, 0.05) is 0 Å². The van der Waals surface area contributed by atoms with Gasteiger partial charge in [-0.2, -0.15) is 0 Å². The molecule has 0 aromatic heterocycles. The van der Waals surface area contributed by atoms with E-state index in [2.05, 4.69) is 69.3 Å². The van der Waals surface area contributed by atoms with Crippen LogP contribution < -0.4 is 3.27 Å². The van der Waals surface area contributed by atoms with Crippen LogP contribution >= 0.6 is 24.8 Å². The van der Waals surface area contributed by atoms with E-state index in [-0.39, 0.29) is 24.8 Å². The first-order valence-corrected chi connectivity index (χ1v) is 26.4. The minimum Gasteiger partial charge on any atom is -0.147 e. The van der Waals surface area contributed by atoms with Crippen molar-refractivity contribution in [2.75, 3.05) is 0 Å². The maximum atomic E-state index is 2.71. The molecular weight excluding hydrogens is 599 g/mol. The van der Waals surface area contributed by atoms with Gasteiger partial charge in [0.25, 0.3) is 0 Å². The fourth-order valence-electron chi connectivity index (χ4n) is 9.53. The molecule has 4 aliphatic carbocycles. The van der Waals surface area contributed by atoms with Gasteiger partial charge in [-0.1, -0.05) is 0 Å². The van der Waals surface area contributed by atoms with Crippen LogP contribution in [-0.4, -0.2) is 6.88 Å². The molecule has 0 N–H and O–H groups in total. The zero-order valence-corrected chi connectivity index (χ0v) is 29.2. The molecular formula is C34H48Cl2SiZr. The maximum absolute atomic E-state index is 3.78. The SMILES string of the molecule is Cc1ccc2c(c1)Cc1c-2ccc(C)[c]1[Zr](=[SiH2])([C]1=CC=CC1)([CH]1CCCCCC1)[CH]1CCCCCC1.Cl.Cl. The van der Waals surface area contributed by atoms with Crippen LogP contribution in [0, 0.1) is 13.8 Å². The number of allylic oxidation sites excluding steroid dienone is 4. The van der Waals surface area contributed by atoms with Gasteiger partial charge >= 0.3 is 224 Å². The van der Waals surface area contributed by atoms with E-state index in [9.17, 15) is 0 Å². The normalized spacial score (nSPS) is 20.4. The first-order valence-electron chi connectivity index (χ1n) is 15.1. The molecule has 4 heteroatoms. The Kier molecular flexibility index (Phi) is 9.83. The van der Waals surface area contributed by atoms with Crippen molar-refractivity contribution in [3.05, 3.63) is 74.1 Å². The van der Waals surface area contributed by atoms with E-state index in [1.54, 1.807) is 22.3 Å². The van der Waals surface area contributed by atoms with Crippen molar-refractivity contribution >= 4 is 35.0 Å². The van der Waals surface area contributed by atoms with E-state index < -0.39 is 17.4 Å². The molecule has 0 nitrogen and oxygen atoms in total. The van der Waals surface area contributed by atoms with Gasteiger partial charge in [-0.15, -0.1) is 24.8 Å². The van der Waals surface area contributed by atoms with Gasteiger partial charge in [-0.25, -0.2) is 0 Å². The molecule has 0 spiro atoms. The molecule has 6 rings (SSSR count). The Morgan fingerprint density at radius 3 is 1.87 bits per heavy atom. The maximum Gasteiger partial charge on any atom is -0.147 e. The predicted molar refractivity (Wildman–Crippen MR) is 172 cm³/mol. The Morgan fingerprint density at radius 1 is 0.737 bits per heavy atom. The standard InChI is InChI=1S/C15H13.2C7H13.C5H5.2ClH.H2Si.Zr/c1-10-3-5-14-12(7-10)9-13-8-11(2)4-6-15(13)14;2*1-2-4-6-7-5-3-1;1-2-4-5-3-1;;;;/h3-7H,9H2,1-2H3;2*1H,2-7H2;1-3H,4H2;2*1H;1H2;. The third kappa shape index (κ3) is 4.76. The first kappa shape index (κ1) is 30.6. The summed E-state index contributed by atoms with van der Waals surface area (Å²) in [4.78, 5) is 0. The smallest absolute Gasteiger partial charge is 0.147 e. The summed E-state index contributed by atoms with van der Waals surface area (Å²) in [5.74, 6) is 0. The summed E-state index contributed by atoms with van der Waals surface area (Å²) in [6, 6.07) is 12.3. The Hall–Kier alpha value is -0.400. The van der Waals surface area contributed by atoms with Crippen LogP contribution in [0.5, 0.6) is 0 Å². The third-order valence-corrected chi connectivity index (χ3v) is 44.0. The Morgan fingerprint density at radius 2 is 1.32 bits per heavy atom. The number of fused-ring (bicyclic) bond motifs is 3. The number of halogens is 2. The molecule has 0 unspecified atom stereocenters. The van der Waals surface area contributed by atoms with Gasteiger partial charge in [0.05, 0.1) is 0 Å². The first-order chi connectivity index (χ1) is 17.5. The summed E-state index contributed by atoms with van der Waals surface area (Å²) in [6.45, 7) is 7.50. The van der Waals surface area contributed by atoms with Crippen LogP contribution in [0.2, 0.25) is 7.25 Å². The van der Waals surface area contributed by atoms with Gasteiger partial charge in [0.15, 0.2) is 0 Å². The number of aryl methyl sites for hydroxylation is 2. The number of rotatable bonds is 4. The topological polar surface area (TPSA) is 0 Å². The monoisotopic (exact) mass is 644 g/mol. The molecule has 38 heavy (non-hydrogen) atoms. The van der Waals surface area contributed by atoms with Crippen LogP contribution in [0.3, 0.4) is 0 Å². The van der Waals surface area contributed by atoms with E-state index in [4.69, 9.17) is 0 Å². The molecule has 206 valence electrons. The van der Waals surface area contributed by atoms with Crippen molar-refractivity contribution in [1.29, 1.82) is 0 Å². The van der Waals surface area contributed by atoms with E-state index in [0.717, 1.165) is 7.25 Å². The number of benzene rings is 2. The third-order valence-electron chi connectivity index (χ3n) is 11.1. The van der Waals surface area contributed by atoms with Crippen LogP contribution in [0.25, 0.3) is 11.1 Å². The predicted octanol–water partition coefficient (Wildman–Crippen LogP) is 9.71. The van der Waals surface area contributed by atoms with Crippen molar-refractivity contribution in [2.24, 2.45) is 0 Å². The Balaban J connectivity index is 0.00000168. The molecule has 2 aromatic rings. The summed E-state index contributed by atoms with van der Waals surface area (Å²) >= 11 is -3.78. The molecule has 4 aliphatic rings.